The number of hydrogen-bond acceptors (Lipinski definition) is 3. The SMILES string of the molecule is COc1ccc2c(C(=O)Oc3c(F)cccc3F)c3ccccc3[n+](C)c2c1. The van der Waals surface area contributed by atoms with E-state index in [1.165, 1.54) is 6.07 Å². The molecule has 4 aromatic rings. The Morgan fingerprint density at radius 3 is 2.29 bits per heavy atom. The van der Waals surface area contributed by atoms with Gasteiger partial charge in [-0.2, -0.15) is 4.57 Å². The van der Waals surface area contributed by atoms with Crippen molar-refractivity contribution in [3.63, 3.8) is 0 Å². The number of para-hydroxylation sites is 2. The van der Waals surface area contributed by atoms with Gasteiger partial charge in [0.15, 0.2) is 11.6 Å². The van der Waals surface area contributed by atoms with E-state index < -0.39 is 23.4 Å². The second kappa shape index (κ2) is 6.88. The number of halogens is 2. The summed E-state index contributed by atoms with van der Waals surface area (Å²) in [5.41, 5.74) is 1.72. The lowest BCUT2D eigenvalue weighted by Gasteiger charge is -2.11. The Bertz CT molecular complexity index is 1220. The number of ether oxygens (including phenoxy) is 2. The maximum Gasteiger partial charge on any atom is 0.345 e. The number of aromatic nitrogens is 1. The average molecular weight is 380 g/mol. The molecule has 0 spiro atoms. The van der Waals surface area contributed by atoms with Crippen LogP contribution in [0.25, 0.3) is 21.8 Å². The molecule has 0 aliphatic heterocycles. The van der Waals surface area contributed by atoms with Gasteiger partial charge in [-0.05, 0) is 30.3 Å². The summed E-state index contributed by atoms with van der Waals surface area (Å²) in [5.74, 6) is -2.81. The third-order valence-corrected chi connectivity index (χ3v) is 4.69. The molecular weight excluding hydrogens is 364 g/mol. The van der Waals surface area contributed by atoms with Crippen molar-refractivity contribution in [2.24, 2.45) is 7.05 Å². The van der Waals surface area contributed by atoms with E-state index in [2.05, 4.69) is 0 Å². The van der Waals surface area contributed by atoms with Crippen LogP contribution < -0.4 is 14.0 Å². The molecule has 0 bridgehead atoms. The predicted molar refractivity (Wildman–Crippen MR) is 100 cm³/mol. The zero-order valence-corrected chi connectivity index (χ0v) is 15.2. The number of fused-ring (bicyclic) bond motifs is 2. The van der Waals surface area contributed by atoms with Crippen LogP contribution in [0.2, 0.25) is 0 Å². The molecule has 6 heteroatoms. The Labute approximate surface area is 159 Å². The van der Waals surface area contributed by atoms with Gasteiger partial charge in [-0.25, -0.2) is 13.6 Å². The van der Waals surface area contributed by atoms with Gasteiger partial charge in [0.05, 0.1) is 29.5 Å². The number of carbonyl (C=O) groups is 1. The van der Waals surface area contributed by atoms with Crippen LogP contribution in [0.1, 0.15) is 10.4 Å². The van der Waals surface area contributed by atoms with Crippen molar-refractivity contribution >= 4 is 27.8 Å². The molecule has 1 heterocycles. The fraction of sp³-hybridized carbons (Fsp3) is 0.0909. The molecule has 0 atom stereocenters. The normalized spacial score (nSPS) is 11.0. The first kappa shape index (κ1) is 17.9. The molecule has 0 aliphatic rings. The van der Waals surface area contributed by atoms with E-state index in [1.807, 2.05) is 23.7 Å². The zero-order chi connectivity index (χ0) is 19.8. The molecule has 0 unspecified atom stereocenters. The molecule has 28 heavy (non-hydrogen) atoms. The summed E-state index contributed by atoms with van der Waals surface area (Å²) in [4.78, 5) is 13.0. The van der Waals surface area contributed by atoms with Crippen molar-refractivity contribution < 1.29 is 27.6 Å². The first-order valence-electron chi connectivity index (χ1n) is 8.56. The van der Waals surface area contributed by atoms with E-state index in [4.69, 9.17) is 9.47 Å². The quantitative estimate of drug-likeness (QED) is 0.230. The maximum atomic E-state index is 14.0. The number of carbonyl (C=O) groups excluding carboxylic acids is 1. The third-order valence-electron chi connectivity index (χ3n) is 4.69. The van der Waals surface area contributed by atoms with E-state index in [9.17, 15) is 13.6 Å². The number of pyridine rings is 1. The van der Waals surface area contributed by atoms with Crippen molar-refractivity contribution in [3.8, 4) is 11.5 Å². The van der Waals surface area contributed by atoms with Crippen LogP contribution in [-0.4, -0.2) is 13.1 Å². The lowest BCUT2D eigenvalue weighted by atomic mass is 10.0. The van der Waals surface area contributed by atoms with Crippen molar-refractivity contribution in [1.82, 2.24) is 0 Å². The van der Waals surface area contributed by atoms with Gasteiger partial charge in [0.25, 0.3) is 0 Å². The Hall–Kier alpha value is -3.54. The number of esters is 1. The fourth-order valence-corrected chi connectivity index (χ4v) is 3.32. The number of rotatable bonds is 3. The maximum absolute atomic E-state index is 14.0. The highest BCUT2D eigenvalue weighted by atomic mass is 19.1. The van der Waals surface area contributed by atoms with Crippen molar-refractivity contribution in [2.45, 2.75) is 0 Å². The van der Waals surface area contributed by atoms with Crippen LogP contribution in [0.5, 0.6) is 11.5 Å². The molecule has 0 saturated heterocycles. The van der Waals surface area contributed by atoms with Gasteiger partial charge in [0.1, 0.15) is 12.8 Å². The van der Waals surface area contributed by atoms with E-state index in [0.29, 0.717) is 16.5 Å². The highest BCUT2D eigenvalue weighted by Crippen LogP contribution is 2.29. The Kier molecular flexibility index (Phi) is 4.39. The van der Waals surface area contributed by atoms with Crippen molar-refractivity contribution in [2.75, 3.05) is 7.11 Å². The number of methoxy groups -OCH3 is 1. The third kappa shape index (κ3) is 2.83. The highest BCUT2D eigenvalue weighted by Gasteiger charge is 2.25. The van der Waals surface area contributed by atoms with E-state index in [1.54, 1.807) is 37.4 Å². The summed E-state index contributed by atoms with van der Waals surface area (Å²) in [6, 6.07) is 15.8. The smallest absolute Gasteiger partial charge is 0.345 e. The largest absolute Gasteiger partial charge is 0.497 e. The van der Waals surface area contributed by atoms with Gasteiger partial charge >= 0.3 is 5.97 Å². The summed E-state index contributed by atoms with van der Waals surface area (Å²) >= 11 is 0. The second-order valence-electron chi connectivity index (χ2n) is 6.27. The van der Waals surface area contributed by atoms with Crippen molar-refractivity contribution in [3.05, 3.63) is 77.9 Å². The van der Waals surface area contributed by atoms with Crippen LogP contribution in [0, 0.1) is 11.6 Å². The molecule has 140 valence electrons. The predicted octanol–water partition coefficient (Wildman–Crippen LogP) is 4.32. The topological polar surface area (TPSA) is 39.4 Å². The molecular formula is C22H16F2NO3+. The summed E-state index contributed by atoms with van der Waals surface area (Å²) in [5, 5.41) is 1.20. The van der Waals surface area contributed by atoms with Crippen LogP contribution >= 0.6 is 0 Å². The Balaban J connectivity index is 1.98. The molecule has 1 aromatic heterocycles. The summed E-state index contributed by atoms with van der Waals surface area (Å²) in [6.45, 7) is 0. The summed E-state index contributed by atoms with van der Waals surface area (Å²) < 4.78 is 40.3. The Morgan fingerprint density at radius 2 is 1.57 bits per heavy atom. The number of hydrogen-bond donors (Lipinski definition) is 0. The van der Waals surface area contributed by atoms with Gasteiger partial charge in [-0.15, -0.1) is 0 Å². The first-order valence-corrected chi connectivity index (χ1v) is 8.56. The Morgan fingerprint density at radius 1 is 0.893 bits per heavy atom. The number of nitrogens with zero attached hydrogens (tertiary/aromatic N) is 1. The molecule has 0 N–H and O–H groups in total. The monoisotopic (exact) mass is 380 g/mol. The fourth-order valence-electron chi connectivity index (χ4n) is 3.32. The van der Waals surface area contributed by atoms with E-state index in [0.717, 1.165) is 23.2 Å². The van der Waals surface area contributed by atoms with Crippen molar-refractivity contribution in [1.29, 1.82) is 0 Å². The summed E-state index contributed by atoms with van der Waals surface area (Å²) in [6.07, 6.45) is 0. The van der Waals surface area contributed by atoms with Crippen LogP contribution in [0.15, 0.2) is 60.7 Å². The minimum Gasteiger partial charge on any atom is -0.497 e. The molecule has 4 nitrogen and oxygen atoms in total. The average Bonchev–Trinajstić information content (AvgIpc) is 2.71. The molecule has 0 amide bonds. The minimum absolute atomic E-state index is 0.231. The standard InChI is InChI=1S/C22H16F2NO3/c1-25-18-9-4-3-6-14(18)20(15-11-10-13(27-2)12-19(15)25)22(26)28-21-16(23)7-5-8-17(21)24/h3-12H,1-2H3/q+1. The van der Waals surface area contributed by atoms with E-state index >= 15 is 0 Å². The number of benzene rings is 3. The molecule has 0 saturated carbocycles. The molecule has 0 aliphatic carbocycles. The summed E-state index contributed by atoms with van der Waals surface area (Å²) in [7, 11) is 3.42. The van der Waals surface area contributed by atoms with E-state index in [-0.39, 0.29) is 5.56 Å². The van der Waals surface area contributed by atoms with Crippen LogP contribution in [-0.2, 0) is 7.05 Å². The second-order valence-corrected chi connectivity index (χ2v) is 6.27. The molecule has 0 radical (unpaired) electrons. The van der Waals surface area contributed by atoms with Crippen LogP contribution in [0.4, 0.5) is 8.78 Å². The lowest BCUT2D eigenvalue weighted by molar-refractivity contribution is -0.617. The van der Waals surface area contributed by atoms with Gasteiger partial charge in [0.2, 0.25) is 16.8 Å². The minimum atomic E-state index is -0.940. The highest BCUT2D eigenvalue weighted by molar-refractivity contribution is 6.13. The zero-order valence-electron chi connectivity index (χ0n) is 15.2. The molecule has 3 aromatic carbocycles. The lowest BCUT2D eigenvalue weighted by Crippen LogP contribution is -2.31. The van der Waals surface area contributed by atoms with Gasteiger partial charge in [0, 0.05) is 6.07 Å². The van der Waals surface area contributed by atoms with Gasteiger partial charge in [-0.1, -0.05) is 18.2 Å². The van der Waals surface area contributed by atoms with Gasteiger partial charge in [-0.3, -0.25) is 0 Å². The van der Waals surface area contributed by atoms with Gasteiger partial charge < -0.3 is 9.47 Å². The number of aryl methyl sites for hydroxylation is 1. The molecule has 0 fully saturated rings. The first-order chi connectivity index (χ1) is 13.5. The van der Waals surface area contributed by atoms with Crippen LogP contribution in [0.3, 0.4) is 0 Å². The molecule has 4 rings (SSSR count).